The van der Waals surface area contributed by atoms with Gasteiger partial charge in [-0.2, -0.15) is 13.2 Å². The zero-order chi connectivity index (χ0) is 13.1. The van der Waals surface area contributed by atoms with E-state index in [0.717, 1.165) is 25.0 Å². The average Bonchev–Trinajstić information content (AvgIpc) is 2.29. The number of rotatable bonds is 4. The molecule has 1 rings (SSSR count). The molecule has 0 saturated carbocycles. The zero-order valence-corrected chi connectivity index (χ0v) is 10.1. The fourth-order valence-corrected chi connectivity index (χ4v) is 1.99. The summed E-state index contributed by atoms with van der Waals surface area (Å²) in [5, 5.41) is 0. The van der Waals surface area contributed by atoms with Crippen LogP contribution in [0.2, 0.25) is 0 Å². The SMILES string of the molecule is CCC(CC)C(N)c1cccc(C(F)(F)F)c1. The number of nitrogens with two attached hydrogens (primary N) is 1. The molecular weight excluding hydrogens is 227 g/mol. The van der Waals surface area contributed by atoms with Gasteiger partial charge in [-0.15, -0.1) is 0 Å². The Bertz CT molecular complexity index is 356. The van der Waals surface area contributed by atoms with Crippen molar-refractivity contribution >= 4 is 0 Å². The summed E-state index contributed by atoms with van der Waals surface area (Å²) in [5.41, 5.74) is 5.94. The van der Waals surface area contributed by atoms with Crippen LogP contribution in [0, 0.1) is 5.92 Å². The van der Waals surface area contributed by atoms with Crippen LogP contribution in [0.25, 0.3) is 0 Å². The molecule has 0 radical (unpaired) electrons. The summed E-state index contributed by atoms with van der Waals surface area (Å²) >= 11 is 0. The molecule has 0 bridgehead atoms. The number of benzene rings is 1. The first-order valence-electron chi connectivity index (χ1n) is 5.82. The van der Waals surface area contributed by atoms with E-state index in [1.54, 1.807) is 6.07 Å². The highest BCUT2D eigenvalue weighted by atomic mass is 19.4. The Balaban J connectivity index is 2.99. The van der Waals surface area contributed by atoms with E-state index in [-0.39, 0.29) is 12.0 Å². The molecule has 1 aromatic rings. The van der Waals surface area contributed by atoms with Gasteiger partial charge < -0.3 is 5.73 Å². The third kappa shape index (κ3) is 3.46. The predicted octanol–water partition coefficient (Wildman–Crippen LogP) is 4.14. The first-order chi connectivity index (χ1) is 7.90. The van der Waals surface area contributed by atoms with Crippen molar-refractivity contribution in [3.8, 4) is 0 Å². The Morgan fingerprint density at radius 1 is 1.18 bits per heavy atom. The fraction of sp³-hybridized carbons (Fsp3) is 0.538. The maximum absolute atomic E-state index is 12.6. The second-order valence-electron chi connectivity index (χ2n) is 4.23. The van der Waals surface area contributed by atoms with Gasteiger partial charge in [0.15, 0.2) is 0 Å². The summed E-state index contributed by atoms with van der Waals surface area (Å²) < 4.78 is 37.7. The Kier molecular flexibility index (Phi) is 4.57. The standard InChI is InChI=1S/C13H18F3N/c1-3-9(4-2)12(17)10-6-5-7-11(8-10)13(14,15)16/h5-9,12H,3-4,17H2,1-2H3. The molecular formula is C13H18F3N. The smallest absolute Gasteiger partial charge is 0.324 e. The van der Waals surface area contributed by atoms with Crippen LogP contribution in [0.5, 0.6) is 0 Å². The van der Waals surface area contributed by atoms with E-state index in [1.807, 2.05) is 13.8 Å². The maximum Gasteiger partial charge on any atom is 0.416 e. The Morgan fingerprint density at radius 2 is 1.76 bits per heavy atom. The topological polar surface area (TPSA) is 26.0 Å². The van der Waals surface area contributed by atoms with Gasteiger partial charge in [-0.1, -0.05) is 38.8 Å². The average molecular weight is 245 g/mol. The number of hydrogen-bond donors (Lipinski definition) is 1. The van der Waals surface area contributed by atoms with Gasteiger partial charge in [-0.3, -0.25) is 0 Å². The summed E-state index contributed by atoms with van der Waals surface area (Å²) in [4.78, 5) is 0. The highest BCUT2D eigenvalue weighted by Gasteiger charge is 2.31. The van der Waals surface area contributed by atoms with Crippen molar-refractivity contribution < 1.29 is 13.2 Å². The molecule has 0 amide bonds. The van der Waals surface area contributed by atoms with Crippen LogP contribution in [0.4, 0.5) is 13.2 Å². The number of halogens is 3. The second kappa shape index (κ2) is 5.54. The lowest BCUT2D eigenvalue weighted by Gasteiger charge is -2.22. The van der Waals surface area contributed by atoms with Crippen LogP contribution in [0.15, 0.2) is 24.3 Å². The van der Waals surface area contributed by atoms with Gasteiger partial charge in [0.25, 0.3) is 0 Å². The minimum Gasteiger partial charge on any atom is -0.324 e. The first-order valence-corrected chi connectivity index (χ1v) is 5.82. The lowest BCUT2D eigenvalue weighted by Crippen LogP contribution is -2.21. The van der Waals surface area contributed by atoms with Crippen molar-refractivity contribution in [1.82, 2.24) is 0 Å². The minimum absolute atomic E-state index is 0.221. The molecule has 2 N–H and O–H groups in total. The lowest BCUT2D eigenvalue weighted by molar-refractivity contribution is -0.137. The monoisotopic (exact) mass is 245 g/mol. The summed E-state index contributed by atoms with van der Waals surface area (Å²) in [6.07, 6.45) is -2.56. The van der Waals surface area contributed by atoms with E-state index in [0.29, 0.717) is 5.56 Å². The van der Waals surface area contributed by atoms with E-state index < -0.39 is 11.7 Å². The molecule has 0 aliphatic rings. The summed E-state index contributed by atoms with van der Waals surface area (Å²) in [5.74, 6) is 0.221. The van der Waals surface area contributed by atoms with Crippen LogP contribution in [0.3, 0.4) is 0 Å². The first kappa shape index (κ1) is 14.0. The van der Waals surface area contributed by atoms with Crippen LogP contribution in [-0.2, 0) is 6.18 Å². The Morgan fingerprint density at radius 3 is 2.24 bits per heavy atom. The van der Waals surface area contributed by atoms with Gasteiger partial charge >= 0.3 is 6.18 Å². The molecule has 4 heteroatoms. The van der Waals surface area contributed by atoms with Gasteiger partial charge in [-0.05, 0) is 23.6 Å². The highest BCUT2D eigenvalue weighted by molar-refractivity contribution is 5.28. The molecule has 17 heavy (non-hydrogen) atoms. The summed E-state index contributed by atoms with van der Waals surface area (Å²) in [7, 11) is 0. The van der Waals surface area contributed by atoms with Gasteiger partial charge in [0.05, 0.1) is 5.56 Å². The Hall–Kier alpha value is -1.03. The van der Waals surface area contributed by atoms with Crippen LogP contribution in [0.1, 0.15) is 43.9 Å². The predicted molar refractivity (Wildman–Crippen MR) is 62.4 cm³/mol. The molecule has 1 atom stereocenters. The van der Waals surface area contributed by atoms with Crippen LogP contribution in [-0.4, -0.2) is 0 Å². The molecule has 96 valence electrons. The molecule has 0 heterocycles. The minimum atomic E-state index is -4.30. The van der Waals surface area contributed by atoms with Crippen LogP contribution >= 0.6 is 0 Å². The Labute approximate surface area is 99.8 Å². The largest absolute Gasteiger partial charge is 0.416 e. The van der Waals surface area contributed by atoms with Gasteiger partial charge in [-0.25, -0.2) is 0 Å². The third-order valence-electron chi connectivity index (χ3n) is 3.16. The molecule has 0 saturated heterocycles. The second-order valence-corrected chi connectivity index (χ2v) is 4.23. The summed E-state index contributed by atoms with van der Waals surface area (Å²) in [6, 6.07) is 4.98. The molecule has 0 aromatic heterocycles. The summed E-state index contributed by atoms with van der Waals surface area (Å²) in [6.45, 7) is 4.00. The molecule has 0 aliphatic carbocycles. The van der Waals surface area contributed by atoms with E-state index in [9.17, 15) is 13.2 Å². The van der Waals surface area contributed by atoms with Gasteiger partial charge in [0, 0.05) is 6.04 Å². The lowest BCUT2D eigenvalue weighted by atomic mass is 9.89. The molecule has 1 unspecified atom stereocenters. The van der Waals surface area contributed by atoms with Crippen molar-refractivity contribution in [2.24, 2.45) is 11.7 Å². The van der Waals surface area contributed by atoms with E-state index in [4.69, 9.17) is 5.73 Å². The quantitative estimate of drug-likeness (QED) is 0.847. The van der Waals surface area contributed by atoms with Crippen molar-refractivity contribution in [2.45, 2.75) is 38.9 Å². The number of alkyl halides is 3. The van der Waals surface area contributed by atoms with E-state index in [2.05, 4.69) is 0 Å². The van der Waals surface area contributed by atoms with E-state index >= 15 is 0 Å². The van der Waals surface area contributed by atoms with Gasteiger partial charge in [0.2, 0.25) is 0 Å². The molecule has 1 aromatic carbocycles. The maximum atomic E-state index is 12.6. The molecule has 0 spiro atoms. The van der Waals surface area contributed by atoms with Crippen LogP contribution < -0.4 is 5.73 Å². The zero-order valence-electron chi connectivity index (χ0n) is 10.1. The van der Waals surface area contributed by atoms with Crippen molar-refractivity contribution in [3.05, 3.63) is 35.4 Å². The number of hydrogen-bond acceptors (Lipinski definition) is 1. The molecule has 1 nitrogen and oxygen atoms in total. The molecule has 0 aliphatic heterocycles. The normalized spacial score (nSPS) is 14.1. The van der Waals surface area contributed by atoms with Gasteiger partial charge in [0.1, 0.15) is 0 Å². The van der Waals surface area contributed by atoms with Crippen molar-refractivity contribution in [2.75, 3.05) is 0 Å². The van der Waals surface area contributed by atoms with E-state index in [1.165, 1.54) is 6.07 Å². The molecule has 0 fully saturated rings. The third-order valence-corrected chi connectivity index (χ3v) is 3.16. The fourth-order valence-electron chi connectivity index (χ4n) is 1.99. The van der Waals surface area contributed by atoms with Crippen molar-refractivity contribution in [3.63, 3.8) is 0 Å². The highest BCUT2D eigenvalue weighted by Crippen LogP contribution is 2.32. The van der Waals surface area contributed by atoms with Crippen molar-refractivity contribution in [1.29, 1.82) is 0 Å².